The molecule has 0 saturated carbocycles. The quantitative estimate of drug-likeness (QED) is 0.611. The molecule has 0 bridgehead atoms. The number of H-pyrrole nitrogens is 1. The minimum atomic E-state index is -0.112. The third-order valence-corrected chi connectivity index (χ3v) is 2.05. The number of nitrogens with one attached hydrogen (secondary N) is 1. The molecule has 0 saturated heterocycles. The molecule has 0 fully saturated rings. The third kappa shape index (κ3) is 0.657. The fourth-order valence-electron chi connectivity index (χ4n) is 0.805. The van der Waals surface area contributed by atoms with Gasteiger partial charge in [-0.1, -0.05) is 0 Å². The summed E-state index contributed by atoms with van der Waals surface area (Å²) in [4.78, 5) is 17.4. The van der Waals surface area contributed by atoms with Crippen molar-refractivity contribution in [1.82, 2.24) is 9.97 Å². The number of fused-ring (bicyclic) bond motifs is 1. The molecular weight excluding hydrogens is 148 g/mol. The van der Waals surface area contributed by atoms with Crippen LogP contribution in [0.5, 0.6) is 0 Å². The second-order valence-electron chi connectivity index (χ2n) is 1.87. The van der Waals surface area contributed by atoms with Crippen LogP contribution in [0.25, 0.3) is 10.2 Å². The van der Waals surface area contributed by atoms with E-state index in [0.717, 1.165) is 4.70 Å². The second kappa shape index (κ2) is 1.91. The molecule has 2 heterocycles. The molecule has 10 heavy (non-hydrogen) atoms. The average Bonchev–Trinajstić information content (AvgIpc) is 2.36. The van der Waals surface area contributed by atoms with Crippen LogP contribution in [0.2, 0.25) is 0 Å². The summed E-state index contributed by atoms with van der Waals surface area (Å²) < 4.78 is 0.934. The summed E-state index contributed by atoms with van der Waals surface area (Å²) in [6.45, 7) is 0. The number of pyridine rings is 1. The van der Waals surface area contributed by atoms with Crippen molar-refractivity contribution >= 4 is 21.6 Å². The standard InChI is InChI=1S/C6H4N2OS/c9-6-5-4(1-2-7-6)10-3-8-5/h1-3H,(H,7,9). The molecule has 0 aliphatic rings. The van der Waals surface area contributed by atoms with Gasteiger partial charge in [-0.2, -0.15) is 0 Å². The Balaban J connectivity index is 3.09. The van der Waals surface area contributed by atoms with Crippen LogP contribution in [0.3, 0.4) is 0 Å². The number of aromatic amines is 1. The van der Waals surface area contributed by atoms with Crippen LogP contribution in [0, 0.1) is 0 Å². The highest BCUT2D eigenvalue weighted by Gasteiger charge is 1.97. The van der Waals surface area contributed by atoms with E-state index in [2.05, 4.69) is 9.97 Å². The highest BCUT2D eigenvalue weighted by Crippen LogP contribution is 2.11. The zero-order valence-electron chi connectivity index (χ0n) is 5.00. The number of nitrogens with zero attached hydrogens (tertiary/aromatic N) is 1. The van der Waals surface area contributed by atoms with Crippen molar-refractivity contribution in [2.24, 2.45) is 0 Å². The number of hydrogen-bond acceptors (Lipinski definition) is 3. The Bertz CT molecular complexity index is 403. The van der Waals surface area contributed by atoms with E-state index in [-0.39, 0.29) is 5.56 Å². The van der Waals surface area contributed by atoms with E-state index in [0.29, 0.717) is 5.52 Å². The van der Waals surface area contributed by atoms with Gasteiger partial charge in [-0.3, -0.25) is 4.79 Å². The van der Waals surface area contributed by atoms with E-state index in [1.165, 1.54) is 11.3 Å². The van der Waals surface area contributed by atoms with Crippen molar-refractivity contribution in [2.45, 2.75) is 0 Å². The van der Waals surface area contributed by atoms with Gasteiger partial charge in [-0.15, -0.1) is 11.3 Å². The Morgan fingerprint density at radius 3 is 3.30 bits per heavy atom. The highest BCUT2D eigenvalue weighted by atomic mass is 32.1. The first-order chi connectivity index (χ1) is 4.88. The van der Waals surface area contributed by atoms with Gasteiger partial charge in [0.1, 0.15) is 5.52 Å². The molecule has 2 aromatic heterocycles. The van der Waals surface area contributed by atoms with Gasteiger partial charge in [0.15, 0.2) is 0 Å². The lowest BCUT2D eigenvalue weighted by Crippen LogP contribution is -2.03. The molecule has 0 atom stereocenters. The average molecular weight is 152 g/mol. The van der Waals surface area contributed by atoms with Gasteiger partial charge in [-0.05, 0) is 6.07 Å². The van der Waals surface area contributed by atoms with Gasteiger partial charge in [0.2, 0.25) is 0 Å². The maximum atomic E-state index is 10.9. The second-order valence-corrected chi connectivity index (χ2v) is 2.76. The van der Waals surface area contributed by atoms with E-state index >= 15 is 0 Å². The van der Waals surface area contributed by atoms with Crippen molar-refractivity contribution in [3.8, 4) is 0 Å². The lowest BCUT2D eigenvalue weighted by atomic mass is 10.4. The van der Waals surface area contributed by atoms with Gasteiger partial charge in [0.05, 0.1) is 10.2 Å². The van der Waals surface area contributed by atoms with Crippen LogP contribution in [-0.2, 0) is 0 Å². The van der Waals surface area contributed by atoms with Crippen molar-refractivity contribution in [3.63, 3.8) is 0 Å². The smallest absolute Gasteiger partial charge is 0.275 e. The third-order valence-electron chi connectivity index (χ3n) is 1.26. The summed E-state index contributed by atoms with van der Waals surface area (Å²) in [5.74, 6) is 0. The maximum Gasteiger partial charge on any atom is 0.275 e. The molecule has 2 aromatic rings. The summed E-state index contributed by atoms with van der Waals surface area (Å²) in [6.07, 6.45) is 1.63. The Hall–Kier alpha value is -1.16. The molecule has 0 spiro atoms. The summed E-state index contributed by atoms with van der Waals surface area (Å²) >= 11 is 1.47. The summed E-state index contributed by atoms with van der Waals surface area (Å²) in [7, 11) is 0. The molecule has 0 amide bonds. The molecule has 0 unspecified atom stereocenters. The highest BCUT2D eigenvalue weighted by molar-refractivity contribution is 7.16. The molecule has 3 nitrogen and oxygen atoms in total. The van der Waals surface area contributed by atoms with Crippen molar-refractivity contribution in [2.75, 3.05) is 0 Å². The lowest BCUT2D eigenvalue weighted by molar-refractivity contribution is 1.26. The topological polar surface area (TPSA) is 45.8 Å². The predicted molar refractivity (Wildman–Crippen MR) is 40.2 cm³/mol. The normalized spacial score (nSPS) is 10.4. The van der Waals surface area contributed by atoms with Crippen LogP contribution in [-0.4, -0.2) is 9.97 Å². The van der Waals surface area contributed by atoms with Crippen LogP contribution in [0.1, 0.15) is 0 Å². The minimum Gasteiger partial charge on any atom is -0.327 e. The van der Waals surface area contributed by atoms with E-state index < -0.39 is 0 Å². The number of aromatic nitrogens is 2. The van der Waals surface area contributed by atoms with E-state index in [9.17, 15) is 4.79 Å². The summed E-state index contributed by atoms with van der Waals surface area (Å²) in [6, 6.07) is 1.84. The van der Waals surface area contributed by atoms with Crippen LogP contribution >= 0.6 is 11.3 Å². The number of rotatable bonds is 0. The largest absolute Gasteiger partial charge is 0.327 e. The first kappa shape index (κ1) is 5.61. The van der Waals surface area contributed by atoms with Crippen molar-refractivity contribution in [3.05, 3.63) is 28.1 Å². The monoisotopic (exact) mass is 152 g/mol. The Kier molecular flexibility index (Phi) is 1.07. The van der Waals surface area contributed by atoms with E-state index in [4.69, 9.17) is 0 Å². The minimum absolute atomic E-state index is 0.112. The Morgan fingerprint density at radius 1 is 1.60 bits per heavy atom. The molecule has 2 rings (SSSR count). The fourth-order valence-corrected chi connectivity index (χ4v) is 1.48. The number of hydrogen-bond donors (Lipinski definition) is 1. The van der Waals surface area contributed by atoms with Crippen LogP contribution < -0.4 is 5.56 Å². The molecule has 4 heteroatoms. The SMILES string of the molecule is O=c1[nH]ccc2scnc12. The zero-order chi connectivity index (χ0) is 6.97. The lowest BCUT2D eigenvalue weighted by Gasteiger charge is -1.81. The molecule has 0 aliphatic carbocycles. The molecule has 0 aromatic carbocycles. The fraction of sp³-hybridized carbons (Fsp3) is 0. The van der Waals surface area contributed by atoms with E-state index in [1.807, 2.05) is 6.07 Å². The molecule has 1 N–H and O–H groups in total. The summed E-state index contributed by atoms with van der Waals surface area (Å²) in [5.41, 5.74) is 2.09. The number of thiazole rings is 1. The van der Waals surface area contributed by atoms with Crippen LogP contribution in [0.15, 0.2) is 22.6 Å². The van der Waals surface area contributed by atoms with Crippen molar-refractivity contribution in [1.29, 1.82) is 0 Å². The molecule has 0 radical (unpaired) electrons. The first-order valence-electron chi connectivity index (χ1n) is 2.79. The zero-order valence-corrected chi connectivity index (χ0v) is 5.81. The Morgan fingerprint density at radius 2 is 2.50 bits per heavy atom. The van der Waals surface area contributed by atoms with Gasteiger partial charge in [0, 0.05) is 6.20 Å². The Labute approximate surface area is 60.4 Å². The summed E-state index contributed by atoms with van der Waals surface area (Å²) in [5, 5.41) is 0. The maximum absolute atomic E-state index is 10.9. The van der Waals surface area contributed by atoms with Gasteiger partial charge < -0.3 is 4.98 Å². The van der Waals surface area contributed by atoms with Gasteiger partial charge >= 0.3 is 0 Å². The van der Waals surface area contributed by atoms with Gasteiger partial charge in [0.25, 0.3) is 5.56 Å². The van der Waals surface area contributed by atoms with Crippen molar-refractivity contribution < 1.29 is 0 Å². The predicted octanol–water partition coefficient (Wildman–Crippen LogP) is 0.985. The molecular formula is C6H4N2OS. The van der Waals surface area contributed by atoms with Crippen LogP contribution in [0.4, 0.5) is 0 Å². The van der Waals surface area contributed by atoms with Gasteiger partial charge in [-0.25, -0.2) is 4.98 Å². The van der Waals surface area contributed by atoms with E-state index in [1.54, 1.807) is 11.7 Å². The molecule has 50 valence electrons. The molecule has 0 aliphatic heterocycles. The first-order valence-corrected chi connectivity index (χ1v) is 3.67.